The molecule has 1 unspecified atom stereocenters. The highest BCUT2D eigenvalue weighted by Gasteiger charge is 2.21. The van der Waals surface area contributed by atoms with E-state index in [0.29, 0.717) is 23.1 Å². The van der Waals surface area contributed by atoms with Gasteiger partial charge in [-0.15, -0.1) is 0 Å². The maximum Gasteiger partial charge on any atom is 0.304 e. The zero-order valence-corrected chi connectivity index (χ0v) is 12.3. The van der Waals surface area contributed by atoms with Crippen LogP contribution >= 0.6 is 11.6 Å². The number of aliphatic carboxylic acids is 1. The molecule has 110 valence electrons. The predicted molar refractivity (Wildman–Crippen MR) is 75.4 cm³/mol. The number of fused-ring (bicyclic) bond motifs is 1. The third-order valence-electron chi connectivity index (χ3n) is 3.37. The average molecular weight is 300 g/mol. The highest BCUT2D eigenvalue weighted by molar-refractivity contribution is 6.32. The number of carbonyl (C=O) groups is 1. The van der Waals surface area contributed by atoms with Crippen molar-refractivity contribution in [1.29, 1.82) is 0 Å². The summed E-state index contributed by atoms with van der Waals surface area (Å²) < 4.78 is 10.6. The quantitative estimate of drug-likeness (QED) is 0.875. The van der Waals surface area contributed by atoms with Gasteiger partial charge in [-0.1, -0.05) is 18.5 Å². The first-order valence-electron chi connectivity index (χ1n) is 6.55. The molecule has 0 bridgehead atoms. The molecular weight excluding hydrogens is 282 g/mol. The number of rotatable bonds is 6. The van der Waals surface area contributed by atoms with Crippen LogP contribution in [-0.4, -0.2) is 35.4 Å². The molecule has 1 aromatic rings. The Morgan fingerprint density at radius 2 is 2.25 bits per heavy atom. The Bertz CT molecular complexity index is 506. The van der Waals surface area contributed by atoms with E-state index in [0.717, 1.165) is 12.1 Å². The van der Waals surface area contributed by atoms with Crippen LogP contribution in [0.25, 0.3) is 0 Å². The largest absolute Gasteiger partial charge is 0.481 e. The first-order chi connectivity index (χ1) is 9.51. The van der Waals surface area contributed by atoms with Crippen molar-refractivity contribution >= 4 is 17.6 Å². The van der Waals surface area contributed by atoms with Crippen LogP contribution in [0.3, 0.4) is 0 Å². The fourth-order valence-corrected chi connectivity index (χ4v) is 2.60. The Kier molecular flexibility index (Phi) is 4.73. The van der Waals surface area contributed by atoms with E-state index in [4.69, 9.17) is 26.2 Å². The summed E-state index contributed by atoms with van der Waals surface area (Å²) in [5.74, 6) is 0.436. The highest BCUT2D eigenvalue weighted by atomic mass is 35.5. The molecule has 0 radical (unpaired) electrons. The van der Waals surface area contributed by atoms with Crippen LogP contribution in [0.1, 0.15) is 25.8 Å². The Balaban J connectivity index is 2.12. The van der Waals surface area contributed by atoms with Crippen LogP contribution in [0.4, 0.5) is 0 Å². The summed E-state index contributed by atoms with van der Waals surface area (Å²) >= 11 is 6.15. The normalized spacial score (nSPS) is 14.6. The van der Waals surface area contributed by atoms with Crippen molar-refractivity contribution in [3.8, 4) is 11.5 Å². The van der Waals surface area contributed by atoms with E-state index in [2.05, 4.69) is 4.90 Å². The first kappa shape index (κ1) is 14.9. The summed E-state index contributed by atoms with van der Waals surface area (Å²) in [6, 6.07) is 3.69. The topological polar surface area (TPSA) is 59.0 Å². The number of halogens is 1. The van der Waals surface area contributed by atoms with Crippen molar-refractivity contribution in [3.05, 3.63) is 22.7 Å². The lowest BCUT2D eigenvalue weighted by molar-refractivity contribution is -0.138. The molecular formula is C14H18ClNO4. The lowest BCUT2D eigenvalue weighted by atomic mass is 10.1. The fourth-order valence-electron chi connectivity index (χ4n) is 2.31. The van der Waals surface area contributed by atoms with E-state index in [9.17, 15) is 4.79 Å². The van der Waals surface area contributed by atoms with E-state index in [1.807, 2.05) is 26.0 Å². The summed E-state index contributed by atoms with van der Waals surface area (Å²) in [6.07, 6.45) is 0.117. The first-order valence-corrected chi connectivity index (χ1v) is 6.93. The van der Waals surface area contributed by atoms with Crippen molar-refractivity contribution in [1.82, 2.24) is 4.90 Å². The molecule has 0 spiro atoms. The molecule has 6 heteroatoms. The molecule has 0 fully saturated rings. The van der Waals surface area contributed by atoms with Crippen molar-refractivity contribution in [2.24, 2.45) is 0 Å². The molecule has 1 aliphatic heterocycles. The molecule has 0 saturated carbocycles. The van der Waals surface area contributed by atoms with Gasteiger partial charge in [-0.2, -0.15) is 0 Å². The Morgan fingerprint density at radius 1 is 1.50 bits per heavy atom. The monoisotopic (exact) mass is 299 g/mol. The molecule has 2 rings (SSSR count). The average Bonchev–Trinajstić information content (AvgIpc) is 2.83. The van der Waals surface area contributed by atoms with Gasteiger partial charge in [0.1, 0.15) is 0 Å². The molecule has 1 heterocycles. The third-order valence-corrected chi connectivity index (χ3v) is 3.65. The molecule has 5 nitrogen and oxygen atoms in total. The van der Waals surface area contributed by atoms with Gasteiger partial charge >= 0.3 is 5.97 Å². The number of nitrogens with zero attached hydrogens (tertiary/aromatic N) is 1. The maximum absolute atomic E-state index is 10.8. The van der Waals surface area contributed by atoms with Gasteiger partial charge in [0.2, 0.25) is 6.79 Å². The minimum atomic E-state index is -0.792. The Labute approximate surface area is 123 Å². The van der Waals surface area contributed by atoms with Crippen LogP contribution in [0.15, 0.2) is 12.1 Å². The minimum Gasteiger partial charge on any atom is -0.481 e. The summed E-state index contributed by atoms with van der Waals surface area (Å²) in [6.45, 7) is 5.49. The maximum atomic E-state index is 10.8. The second-order valence-electron chi connectivity index (χ2n) is 4.82. The van der Waals surface area contributed by atoms with E-state index in [1.165, 1.54) is 0 Å². The number of ether oxygens (including phenoxy) is 2. The van der Waals surface area contributed by atoms with Gasteiger partial charge in [-0.05, 0) is 31.2 Å². The number of carboxylic acid groups (broad SMARTS) is 1. The SMILES string of the molecule is CCN(Cc1cc(Cl)c2c(c1)OCO2)C(C)CC(=O)O. The van der Waals surface area contributed by atoms with Crippen LogP contribution in [0.5, 0.6) is 11.5 Å². The minimum absolute atomic E-state index is 0.0401. The number of carboxylic acids is 1. The summed E-state index contributed by atoms with van der Waals surface area (Å²) in [5.41, 5.74) is 0.985. The van der Waals surface area contributed by atoms with Crippen molar-refractivity contribution in [2.75, 3.05) is 13.3 Å². The zero-order chi connectivity index (χ0) is 14.7. The summed E-state index contributed by atoms with van der Waals surface area (Å²) in [7, 11) is 0. The van der Waals surface area contributed by atoms with Gasteiger partial charge in [0, 0.05) is 12.6 Å². The highest BCUT2D eigenvalue weighted by Crippen LogP contribution is 2.40. The predicted octanol–water partition coefficient (Wildman–Crippen LogP) is 2.75. The molecule has 0 aromatic heterocycles. The number of hydrogen-bond donors (Lipinski definition) is 1. The Hall–Kier alpha value is -1.46. The molecule has 1 aromatic carbocycles. The van der Waals surface area contributed by atoms with Gasteiger partial charge in [0.05, 0.1) is 11.4 Å². The second kappa shape index (κ2) is 6.33. The van der Waals surface area contributed by atoms with Crippen LogP contribution in [0, 0.1) is 0 Å². The van der Waals surface area contributed by atoms with Gasteiger partial charge in [0.15, 0.2) is 11.5 Å². The fraction of sp³-hybridized carbons (Fsp3) is 0.500. The molecule has 1 N–H and O–H groups in total. The summed E-state index contributed by atoms with van der Waals surface area (Å²) in [4.78, 5) is 12.9. The van der Waals surface area contributed by atoms with Gasteiger partial charge in [0.25, 0.3) is 0 Å². The van der Waals surface area contributed by atoms with Crippen molar-refractivity contribution in [2.45, 2.75) is 32.9 Å². The van der Waals surface area contributed by atoms with Gasteiger partial charge < -0.3 is 14.6 Å². The third kappa shape index (κ3) is 3.35. The number of benzene rings is 1. The van der Waals surface area contributed by atoms with E-state index >= 15 is 0 Å². The van der Waals surface area contributed by atoms with E-state index in [-0.39, 0.29) is 19.3 Å². The molecule has 20 heavy (non-hydrogen) atoms. The standard InChI is InChI=1S/C14H18ClNO4/c1-3-16(9(2)4-13(17)18)7-10-5-11(15)14-12(6-10)19-8-20-14/h5-6,9H,3-4,7-8H2,1-2H3,(H,17,18). The van der Waals surface area contributed by atoms with Gasteiger partial charge in [-0.3, -0.25) is 9.69 Å². The van der Waals surface area contributed by atoms with Crippen molar-refractivity contribution < 1.29 is 19.4 Å². The lowest BCUT2D eigenvalue weighted by Gasteiger charge is -2.26. The lowest BCUT2D eigenvalue weighted by Crippen LogP contribution is -2.34. The second-order valence-corrected chi connectivity index (χ2v) is 5.23. The molecule has 0 saturated heterocycles. The molecule has 0 aliphatic carbocycles. The van der Waals surface area contributed by atoms with Crippen LogP contribution in [0.2, 0.25) is 5.02 Å². The Morgan fingerprint density at radius 3 is 2.90 bits per heavy atom. The summed E-state index contributed by atoms with van der Waals surface area (Å²) in [5, 5.41) is 9.41. The zero-order valence-electron chi connectivity index (χ0n) is 11.6. The van der Waals surface area contributed by atoms with Crippen molar-refractivity contribution in [3.63, 3.8) is 0 Å². The van der Waals surface area contributed by atoms with Crippen LogP contribution in [-0.2, 0) is 11.3 Å². The van der Waals surface area contributed by atoms with Crippen LogP contribution < -0.4 is 9.47 Å². The molecule has 1 aliphatic rings. The van der Waals surface area contributed by atoms with E-state index < -0.39 is 5.97 Å². The van der Waals surface area contributed by atoms with Gasteiger partial charge in [-0.25, -0.2) is 0 Å². The van der Waals surface area contributed by atoms with E-state index in [1.54, 1.807) is 0 Å². The number of hydrogen-bond acceptors (Lipinski definition) is 4. The molecule has 1 atom stereocenters. The smallest absolute Gasteiger partial charge is 0.304 e. The molecule has 0 amide bonds.